The topological polar surface area (TPSA) is 74.6 Å². The van der Waals surface area contributed by atoms with Gasteiger partial charge in [-0.3, -0.25) is 9.59 Å². The van der Waals surface area contributed by atoms with Crippen molar-refractivity contribution in [1.82, 2.24) is 10.2 Å². The van der Waals surface area contributed by atoms with Crippen LogP contribution in [0.5, 0.6) is 0 Å². The van der Waals surface area contributed by atoms with Crippen LogP contribution in [0.25, 0.3) is 0 Å². The van der Waals surface area contributed by atoms with Crippen molar-refractivity contribution in [2.24, 2.45) is 5.92 Å². The number of carbonyl (C=O) groups excluding carboxylic acids is 2. The van der Waals surface area contributed by atoms with E-state index in [4.69, 9.17) is 4.42 Å². The number of likely N-dealkylation sites (tertiary alicyclic amines) is 1. The van der Waals surface area contributed by atoms with Gasteiger partial charge in [0.2, 0.25) is 0 Å². The third-order valence-electron chi connectivity index (χ3n) is 4.19. The Labute approximate surface area is 151 Å². The number of hydrogen-bond acceptors (Lipinski definition) is 5. The summed E-state index contributed by atoms with van der Waals surface area (Å²) < 4.78 is 5.05. The zero-order chi connectivity index (χ0) is 17.6. The molecule has 1 saturated heterocycles. The highest BCUT2D eigenvalue weighted by atomic mass is 32.1. The molecular weight excluding hydrogens is 338 g/mol. The Balaban J connectivity index is 1.46. The summed E-state index contributed by atoms with van der Waals surface area (Å²) in [7, 11) is 0. The monoisotopic (exact) mass is 361 g/mol. The second kappa shape index (κ2) is 8.31. The second-order valence-corrected chi connectivity index (χ2v) is 7.50. The molecule has 25 heavy (non-hydrogen) atoms. The van der Waals surface area contributed by atoms with Gasteiger partial charge in [0, 0.05) is 13.1 Å². The van der Waals surface area contributed by atoms with Crippen molar-refractivity contribution >= 4 is 28.2 Å². The van der Waals surface area contributed by atoms with E-state index in [-0.39, 0.29) is 17.6 Å². The summed E-state index contributed by atoms with van der Waals surface area (Å²) in [6.45, 7) is 6.17. The van der Waals surface area contributed by atoms with Crippen LogP contribution in [0.1, 0.15) is 40.0 Å². The lowest BCUT2D eigenvalue weighted by molar-refractivity contribution is 0.0948. The number of nitrogens with zero attached hydrogens (tertiary/aromatic N) is 1. The first-order valence-electron chi connectivity index (χ1n) is 8.57. The Morgan fingerprint density at radius 1 is 1.24 bits per heavy atom. The van der Waals surface area contributed by atoms with Gasteiger partial charge >= 0.3 is 0 Å². The highest BCUT2D eigenvalue weighted by Gasteiger charge is 2.17. The highest BCUT2D eigenvalue weighted by molar-refractivity contribution is 7.18. The summed E-state index contributed by atoms with van der Waals surface area (Å²) in [5, 5.41) is 6.33. The van der Waals surface area contributed by atoms with E-state index in [2.05, 4.69) is 22.5 Å². The minimum absolute atomic E-state index is 0.100. The number of thiophene rings is 1. The van der Waals surface area contributed by atoms with Crippen LogP contribution in [0.3, 0.4) is 0 Å². The van der Waals surface area contributed by atoms with Gasteiger partial charge in [-0.25, -0.2) is 0 Å². The standard InChI is InChI=1S/C18H23N3O3S/c1-13(12-21-8-2-3-9-21)11-19-18(23)15-6-7-16(25-15)20-17(22)14-5-4-10-24-14/h4-7,10,13H,2-3,8-9,11-12H2,1H3,(H,19,23)(H,20,22). The normalized spacial score (nSPS) is 15.9. The highest BCUT2D eigenvalue weighted by Crippen LogP contribution is 2.22. The molecule has 0 radical (unpaired) electrons. The summed E-state index contributed by atoms with van der Waals surface area (Å²) in [5.41, 5.74) is 0. The smallest absolute Gasteiger partial charge is 0.291 e. The molecule has 2 aromatic heterocycles. The Morgan fingerprint density at radius 2 is 2.04 bits per heavy atom. The average Bonchev–Trinajstić information content (AvgIpc) is 3.34. The third-order valence-corrected chi connectivity index (χ3v) is 5.19. The lowest BCUT2D eigenvalue weighted by Crippen LogP contribution is -2.34. The maximum absolute atomic E-state index is 12.3. The van der Waals surface area contributed by atoms with Crippen molar-refractivity contribution in [3.63, 3.8) is 0 Å². The summed E-state index contributed by atoms with van der Waals surface area (Å²) >= 11 is 1.26. The maximum atomic E-state index is 12.3. The van der Waals surface area contributed by atoms with E-state index in [1.165, 1.54) is 43.5 Å². The molecule has 3 rings (SSSR count). The van der Waals surface area contributed by atoms with E-state index >= 15 is 0 Å². The molecule has 7 heteroatoms. The summed E-state index contributed by atoms with van der Waals surface area (Å²) in [5.74, 6) is 0.241. The molecular formula is C18H23N3O3S. The molecule has 1 atom stereocenters. The van der Waals surface area contributed by atoms with Gasteiger partial charge < -0.3 is 20.0 Å². The molecule has 1 aliphatic rings. The first-order chi connectivity index (χ1) is 12.1. The first kappa shape index (κ1) is 17.7. The van der Waals surface area contributed by atoms with Crippen molar-refractivity contribution in [2.45, 2.75) is 19.8 Å². The molecule has 3 heterocycles. The summed E-state index contributed by atoms with van der Waals surface area (Å²) in [6, 6.07) is 6.71. The SMILES string of the molecule is CC(CNC(=O)c1ccc(NC(=O)c2ccco2)s1)CN1CCCC1. The van der Waals surface area contributed by atoms with E-state index < -0.39 is 0 Å². The van der Waals surface area contributed by atoms with E-state index in [9.17, 15) is 9.59 Å². The van der Waals surface area contributed by atoms with E-state index in [0.29, 0.717) is 22.3 Å². The molecule has 0 bridgehead atoms. The first-order valence-corrected chi connectivity index (χ1v) is 9.38. The van der Waals surface area contributed by atoms with Gasteiger partial charge in [-0.2, -0.15) is 0 Å². The molecule has 0 aromatic carbocycles. The van der Waals surface area contributed by atoms with Crippen molar-refractivity contribution in [3.05, 3.63) is 41.2 Å². The molecule has 0 saturated carbocycles. The van der Waals surface area contributed by atoms with Crippen molar-refractivity contribution in [2.75, 3.05) is 31.5 Å². The molecule has 134 valence electrons. The molecule has 1 unspecified atom stereocenters. The lowest BCUT2D eigenvalue weighted by Gasteiger charge is -2.20. The van der Waals surface area contributed by atoms with Crippen molar-refractivity contribution in [1.29, 1.82) is 0 Å². The van der Waals surface area contributed by atoms with Crippen molar-refractivity contribution in [3.8, 4) is 0 Å². The molecule has 0 spiro atoms. The van der Waals surface area contributed by atoms with Crippen LogP contribution in [-0.4, -0.2) is 42.9 Å². The van der Waals surface area contributed by atoms with Crippen LogP contribution < -0.4 is 10.6 Å². The van der Waals surface area contributed by atoms with E-state index in [1.807, 2.05) is 0 Å². The zero-order valence-electron chi connectivity index (χ0n) is 14.3. The van der Waals surface area contributed by atoms with Gasteiger partial charge in [-0.05, 0) is 56.1 Å². The molecule has 1 fully saturated rings. The van der Waals surface area contributed by atoms with E-state index in [1.54, 1.807) is 24.3 Å². The number of hydrogen-bond donors (Lipinski definition) is 2. The van der Waals surface area contributed by atoms with Crippen LogP contribution >= 0.6 is 11.3 Å². The number of nitrogens with one attached hydrogen (secondary N) is 2. The van der Waals surface area contributed by atoms with Crippen LogP contribution in [-0.2, 0) is 0 Å². The van der Waals surface area contributed by atoms with Gasteiger partial charge in [0.15, 0.2) is 5.76 Å². The molecule has 1 aliphatic heterocycles. The van der Waals surface area contributed by atoms with Gasteiger partial charge in [0.1, 0.15) is 0 Å². The van der Waals surface area contributed by atoms with Gasteiger partial charge in [-0.1, -0.05) is 6.92 Å². The number of rotatable bonds is 7. The third kappa shape index (κ3) is 4.93. The van der Waals surface area contributed by atoms with Gasteiger partial charge in [0.25, 0.3) is 11.8 Å². The second-order valence-electron chi connectivity index (χ2n) is 6.42. The Morgan fingerprint density at radius 3 is 2.76 bits per heavy atom. The summed E-state index contributed by atoms with van der Waals surface area (Å²) in [4.78, 5) is 27.2. The molecule has 6 nitrogen and oxygen atoms in total. The lowest BCUT2D eigenvalue weighted by atomic mass is 10.1. The number of furan rings is 1. The molecule has 2 amide bonds. The summed E-state index contributed by atoms with van der Waals surface area (Å²) in [6.07, 6.45) is 4.01. The largest absolute Gasteiger partial charge is 0.459 e. The van der Waals surface area contributed by atoms with Crippen molar-refractivity contribution < 1.29 is 14.0 Å². The van der Waals surface area contributed by atoms with Crippen LogP contribution in [0.2, 0.25) is 0 Å². The Hall–Kier alpha value is -2.12. The fourth-order valence-corrected chi connectivity index (χ4v) is 3.75. The van der Waals surface area contributed by atoms with Gasteiger partial charge in [-0.15, -0.1) is 11.3 Å². The molecule has 0 aliphatic carbocycles. The Bertz CT molecular complexity index is 705. The molecule has 2 N–H and O–H groups in total. The molecule has 2 aromatic rings. The number of anilines is 1. The van der Waals surface area contributed by atoms with Crippen LogP contribution in [0.4, 0.5) is 5.00 Å². The van der Waals surface area contributed by atoms with Crippen LogP contribution in [0.15, 0.2) is 34.9 Å². The number of amides is 2. The maximum Gasteiger partial charge on any atom is 0.291 e. The Kier molecular flexibility index (Phi) is 5.88. The minimum Gasteiger partial charge on any atom is -0.459 e. The quantitative estimate of drug-likeness (QED) is 0.795. The minimum atomic E-state index is -0.321. The predicted molar refractivity (Wildman–Crippen MR) is 98.2 cm³/mol. The van der Waals surface area contributed by atoms with E-state index in [0.717, 1.165) is 6.54 Å². The predicted octanol–water partition coefficient (Wildman–Crippen LogP) is 3.06. The fourth-order valence-electron chi connectivity index (χ4n) is 2.93. The average molecular weight is 361 g/mol. The zero-order valence-corrected chi connectivity index (χ0v) is 15.1. The van der Waals surface area contributed by atoms with Crippen LogP contribution in [0, 0.1) is 5.92 Å². The van der Waals surface area contributed by atoms with Gasteiger partial charge in [0.05, 0.1) is 16.1 Å². The number of carbonyl (C=O) groups is 2. The fraction of sp³-hybridized carbons (Fsp3) is 0.444.